The molecule has 3 aromatic carbocycles. The molecular formula is C22H20N2O5S. The molecular weight excluding hydrogens is 404 g/mol. The quantitative estimate of drug-likeness (QED) is 0.673. The number of nitrogens with zero attached hydrogens (tertiary/aromatic N) is 1. The number of fused-ring (bicyclic) bond motifs is 2. The van der Waals surface area contributed by atoms with Crippen molar-refractivity contribution >= 4 is 32.8 Å². The van der Waals surface area contributed by atoms with Crippen LogP contribution in [0.15, 0.2) is 76.5 Å². The van der Waals surface area contributed by atoms with Crippen molar-refractivity contribution in [3.63, 3.8) is 0 Å². The Balaban J connectivity index is 1.68. The Morgan fingerprint density at radius 2 is 1.50 bits per heavy atom. The molecule has 4 rings (SSSR count). The summed E-state index contributed by atoms with van der Waals surface area (Å²) in [6.45, 7) is -0.0707. The van der Waals surface area contributed by atoms with Crippen molar-refractivity contribution < 1.29 is 22.7 Å². The summed E-state index contributed by atoms with van der Waals surface area (Å²) >= 11 is 0. The molecule has 0 aromatic heterocycles. The van der Waals surface area contributed by atoms with E-state index >= 15 is 0 Å². The van der Waals surface area contributed by atoms with Crippen LogP contribution in [0, 0.1) is 0 Å². The highest BCUT2D eigenvalue weighted by molar-refractivity contribution is 7.92. The van der Waals surface area contributed by atoms with Gasteiger partial charge >= 0.3 is 0 Å². The zero-order valence-corrected chi connectivity index (χ0v) is 17.3. The highest BCUT2D eigenvalue weighted by Crippen LogP contribution is 2.43. The molecule has 0 fully saturated rings. The Bertz CT molecular complexity index is 1170. The summed E-state index contributed by atoms with van der Waals surface area (Å²) in [7, 11) is -0.600. The van der Waals surface area contributed by atoms with E-state index in [-0.39, 0.29) is 22.2 Å². The van der Waals surface area contributed by atoms with E-state index in [0.717, 1.165) is 0 Å². The van der Waals surface area contributed by atoms with Crippen LogP contribution in [0.3, 0.4) is 0 Å². The van der Waals surface area contributed by atoms with Crippen molar-refractivity contribution in [2.45, 2.75) is 9.79 Å². The molecule has 0 saturated carbocycles. The molecule has 0 unspecified atom stereocenters. The number of ether oxygens (including phenoxy) is 2. The molecule has 0 saturated heterocycles. The van der Waals surface area contributed by atoms with Crippen molar-refractivity contribution in [3.05, 3.63) is 66.7 Å². The van der Waals surface area contributed by atoms with E-state index in [9.17, 15) is 13.2 Å². The van der Waals surface area contributed by atoms with Crippen molar-refractivity contribution in [3.8, 4) is 11.5 Å². The lowest BCUT2D eigenvalue weighted by atomic mass is 10.2. The summed E-state index contributed by atoms with van der Waals surface area (Å²) < 4.78 is 36.5. The largest absolute Gasteiger partial charge is 0.497 e. The average Bonchev–Trinajstić information content (AvgIpc) is 2.77. The monoisotopic (exact) mass is 424 g/mol. The fraction of sp³-hybridized carbons (Fsp3) is 0.136. The van der Waals surface area contributed by atoms with E-state index in [1.165, 1.54) is 7.11 Å². The lowest BCUT2D eigenvalue weighted by molar-refractivity contribution is -0.114. The lowest BCUT2D eigenvalue weighted by Crippen LogP contribution is -2.33. The summed E-state index contributed by atoms with van der Waals surface area (Å²) in [4.78, 5) is 15.0. The predicted octanol–water partition coefficient (Wildman–Crippen LogP) is 3.63. The first-order valence-electron chi connectivity index (χ1n) is 9.18. The minimum atomic E-state index is -3.65. The average molecular weight is 424 g/mol. The van der Waals surface area contributed by atoms with Crippen LogP contribution in [0.25, 0.3) is 0 Å². The summed E-state index contributed by atoms with van der Waals surface area (Å²) in [6, 6.07) is 18.4. The number of hydrogen-bond acceptors (Lipinski definition) is 6. The van der Waals surface area contributed by atoms with Crippen LogP contribution >= 0.6 is 0 Å². The number of nitrogens with one attached hydrogen (secondary N) is 1. The molecule has 7 nitrogen and oxygen atoms in total. The number of amides is 1. The number of benzene rings is 3. The van der Waals surface area contributed by atoms with Crippen LogP contribution < -0.4 is 19.7 Å². The van der Waals surface area contributed by atoms with E-state index < -0.39 is 9.84 Å². The van der Waals surface area contributed by atoms with Gasteiger partial charge in [-0.2, -0.15) is 0 Å². The zero-order valence-electron chi connectivity index (χ0n) is 16.5. The number of rotatable bonds is 5. The van der Waals surface area contributed by atoms with Gasteiger partial charge in [-0.15, -0.1) is 0 Å². The van der Waals surface area contributed by atoms with Crippen molar-refractivity contribution in [2.24, 2.45) is 0 Å². The normalized spacial score (nSPS) is 13.7. The first-order valence-corrected chi connectivity index (χ1v) is 10.7. The van der Waals surface area contributed by atoms with Gasteiger partial charge in [0.1, 0.15) is 18.0 Å². The van der Waals surface area contributed by atoms with E-state index in [0.29, 0.717) is 28.6 Å². The predicted molar refractivity (Wildman–Crippen MR) is 114 cm³/mol. The van der Waals surface area contributed by atoms with Crippen LogP contribution in [0.1, 0.15) is 0 Å². The first kappa shape index (κ1) is 19.8. The Labute approximate surface area is 174 Å². The standard InChI is InChI=1S/C22H20N2O5S/c1-28-15-11-12-16(19(13-15)29-2)23-22(25)14-24-17-7-3-5-9-20(17)30(26,27)21-10-6-4-8-18(21)24/h3-13H,14H2,1-2H3,(H,23,25). The topological polar surface area (TPSA) is 84.9 Å². The third kappa shape index (κ3) is 3.35. The lowest BCUT2D eigenvalue weighted by Gasteiger charge is -2.32. The second kappa shape index (κ2) is 7.72. The van der Waals surface area contributed by atoms with E-state index in [2.05, 4.69) is 5.32 Å². The van der Waals surface area contributed by atoms with Gasteiger partial charge in [-0.1, -0.05) is 24.3 Å². The Morgan fingerprint density at radius 3 is 2.07 bits per heavy atom. The molecule has 0 spiro atoms. The van der Waals surface area contributed by atoms with Gasteiger partial charge in [0, 0.05) is 6.07 Å². The third-order valence-electron chi connectivity index (χ3n) is 4.88. The summed E-state index contributed by atoms with van der Waals surface area (Å²) in [5.74, 6) is 0.751. The Kier molecular flexibility index (Phi) is 5.09. The zero-order chi connectivity index (χ0) is 21.3. The van der Waals surface area contributed by atoms with Crippen LogP contribution in [0.2, 0.25) is 0 Å². The molecule has 0 aliphatic carbocycles. The maximum absolute atomic E-state index is 13.0. The van der Waals surface area contributed by atoms with Crippen LogP contribution in [0.5, 0.6) is 11.5 Å². The second-order valence-electron chi connectivity index (χ2n) is 6.64. The third-order valence-corrected chi connectivity index (χ3v) is 6.72. The van der Waals surface area contributed by atoms with Gasteiger partial charge in [0.2, 0.25) is 15.7 Å². The smallest absolute Gasteiger partial charge is 0.244 e. The van der Waals surface area contributed by atoms with Gasteiger partial charge in [-0.05, 0) is 36.4 Å². The number of sulfone groups is 1. The molecule has 1 N–H and O–H groups in total. The van der Waals surface area contributed by atoms with Crippen molar-refractivity contribution in [2.75, 3.05) is 31.0 Å². The summed E-state index contributed by atoms with van der Waals surface area (Å²) in [5, 5.41) is 2.83. The highest BCUT2D eigenvalue weighted by Gasteiger charge is 2.34. The van der Waals surface area contributed by atoms with Gasteiger partial charge in [0.25, 0.3) is 0 Å². The fourth-order valence-corrected chi connectivity index (χ4v) is 5.13. The Morgan fingerprint density at radius 1 is 0.900 bits per heavy atom. The van der Waals surface area contributed by atoms with Crippen molar-refractivity contribution in [1.29, 1.82) is 0 Å². The van der Waals surface area contributed by atoms with Crippen LogP contribution in [-0.2, 0) is 14.6 Å². The first-order chi connectivity index (χ1) is 14.5. The minimum absolute atomic E-state index is 0.0707. The molecule has 154 valence electrons. The van der Waals surface area contributed by atoms with Crippen LogP contribution in [0.4, 0.5) is 17.1 Å². The summed E-state index contributed by atoms with van der Waals surface area (Å²) in [5.41, 5.74) is 1.43. The number of para-hydroxylation sites is 2. The maximum atomic E-state index is 13.0. The van der Waals surface area contributed by atoms with Gasteiger partial charge in [0.05, 0.1) is 41.1 Å². The van der Waals surface area contributed by atoms with Gasteiger partial charge in [-0.3, -0.25) is 4.79 Å². The molecule has 0 bridgehead atoms. The molecule has 1 amide bonds. The number of anilines is 3. The molecule has 8 heteroatoms. The molecule has 0 radical (unpaired) electrons. The number of carbonyl (C=O) groups is 1. The molecule has 1 aliphatic rings. The number of carbonyl (C=O) groups excluding carboxylic acids is 1. The Hall–Kier alpha value is -3.52. The second-order valence-corrected chi connectivity index (χ2v) is 8.53. The summed E-state index contributed by atoms with van der Waals surface area (Å²) in [6.07, 6.45) is 0. The van der Waals surface area contributed by atoms with E-state index in [1.54, 1.807) is 78.7 Å². The van der Waals surface area contributed by atoms with Gasteiger partial charge in [0.15, 0.2) is 0 Å². The molecule has 30 heavy (non-hydrogen) atoms. The van der Waals surface area contributed by atoms with Gasteiger partial charge < -0.3 is 19.7 Å². The minimum Gasteiger partial charge on any atom is -0.497 e. The van der Waals surface area contributed by atoms with Crippen molar-refractivity contribution in [1.82, 2.24) is 0 Å². The highest BCUT2D eigenvalue weighted by atomic mass is 32.2. The van der Waals surface area contributed by atoms with Crippen LogP contribution in [-0.4, -0.2) is 35.1 Å². The number of hydrogen-bond donors (Lipinski definition) is 1. The molecule has 3 aromatic rings. The van der Waals surface area contributed by atoms with E-state index in [4.69, 9.17) is 9.47 Å². The van der Waals surface area contributed by atoms with Gasteiger partial charge in [-0.25, -0.2) is 8.42 Å². The molecule has 0 atom stereocenters. The maximum Gasteiger partial charge on any atom is 0.244 e. The number of methoxy groups -OCH3 is 2. The SMILES string of the molecule is COc1ccc(NC(=O)CN2c3ccccc3S(=O)(=O)c3ccccc32)c(OC)c1. The fourth-order valence-electron chi connectivity index (χ4n) is 3.47. The molecule has 1 heterocycles. The molecule has 1 aliphatic heterocycles. The van der Waals surface area contributed by atoms with E-state index in [1.807, 2.05) is 0 Å².